The van der Waals surface area contributed by atoms with E-state index in [9.17, 15) is 13.2 Å². The number of halogens is 3. The lowest BCUT2D eigenvalue weighted by Gasteiger charge is -2.20. The highest BCUT2D eigenvalue weighted by Gasteiger charge is 2.33. The summed E-state index contributed by atoms with van der Waals surface area (Å²) in [5.74, 6) is -0.338. The number of hydrogen-bond acceptors (Lipinski definition) is 3. The molecule has 0 N–H and O–H groups in total. The van der Waals surface area contributed by atoms with E-state index in [0.717, 1.165) is 12.5 Å². The van der Waals surface area contributed by atoms with Crippen molar-refractivity contribution in [2.24, 2.45) is 5.41 Å². The minimum atomic E-state index is -3.99. The molecule has 116 valence electrons. The van der Waals surface area contributed by atoms with E-state index < -0.39 is 9.05 Å². The number of carbonyl (C=O) groups is 1. The molecular weight excluding hydrogens is 357 g/mol. The molecule has 1 aliphatic heterocycles. The van der Waals surface area contributed by atoms with Crippen LogP contribution < -0.4 is 0 Å². The largest absolute Gasteiger partial charge is 0.338 e. The first-order valence-corrected chi connectivity index (χ1v) is 9.31. The molecule has 4 nitrogen and oxygen atoms in total. The number of benzene rings is 1. The fourth-order valence-electron chi connectivity index (χ4n) is 2.32. The van der Waals surface area contributed by atoms with E-state index >= 15 is 0 Å². The molecule has 1 amide bonds. The Labute approximate surface area is 138 Å². The van der Waals surface area contributed by atoms with Crippen LogP contribution in [-0.4, -0.2) is 32.3 Å². The molecule has 1 aliphatic rings. The van der Waals surface area contributed by atoms with Crippen LogP contribution in [0.1, 0.15) is 30.6 Å². The van der Waals surface area contributed by atoms with Crippen molar-refractivity contribution in [1.29, 1.82) is 0 Å². The number of carbonyl (C=O) groups excluding carboxylic acids is 1. The minimum Gasteiger partial charge on any atom is -0.338 e. The molecule has 0 atom stereocenters. The van der Waals surface area contributed by atoms with Gasteiger partial charge in [0.05, 0.1) is 20.5 Å². The number of rotatable bonds is 2. The lowest BCUT2D eigenvalue weighted by Crippen LogP contribution is -2.30. The van der Waals surface area contributed by atoms with Gasteiger partial charge in [-0.05, 0) is 24.0 Å². The van der Waals surface area contributed by atoms with Gasteiger partial charge in [0.15, 0.2) is 0 Å². The van der Waals surface area contributed by atoms with E-state index in [2.05, 4.69) is 13.8 Å². The van der Waals surface area contributed by atoms with Crippen molar-refractivity contribution in [2.75, 3.05) is 13.1 Å². The fourth-order valence-corrected chi connectivity index (χ4v) is 3.58. The molecular formula is C13H14Cl3NO3S. The molecule has 0 bridgehead atoms. The second kappa shape index (κ2) is 5.61. The zero-order chi connectivity index (χ0) is 16.0. The summed E-state index contributed by atoms with van der Waals surface area (Å²) in [6.07, 6.45) is 0.873. The SMILES string of the molecule is CC1(C)CCN(C(=O)c2cc(S(=O)(=O)Cl)cc(Cl)c2Cl)C1. The smallest absolute Gasteiger partial charge is 0.261 e. The van der Waals surface area contributed by atoms with Gasteiger partial charge in [0.25, 0.3) is 15.0 Å². The maximum absolute atomic E-state index is 12.5. The van der Waals surface area contributed by atoms with Crippen LogP contribution in [0.15, 0.2) is 17.0 Å². The summed E-state index contributed by atoms with van der Waals surface area (Å²) in [6.45, 7) is 5.30. The lowest BCUT2D eigenvalue weighted by molar-refractivity contribution is 0.0778. The average Bonchev–Trinajstić information content (AvgIpc) is 2.71. The molecule has 0 spiro atoms. The minimum absolute atomic E-state index is 0.0137. The Morgan fingerprint density at radius 3 is 2.38 bits per heavy atom. The highest BCUT2D eigenvalue weighted by atomic mass is 35.7. The first kappa shape index (κ1) is 16.9. The van der Waals surface area contributed by atoms with Crippen LogP contribution in [-0.2, 0) is 9.05 Å². The van der Waals surface area contributed by atoms with Gasteiger partial charge in [0.1, 0.15) is 0 Å². The van der Waals surface area contributed by atoms with E-state index in [0.29, 0.717) is 13.1 Å². The van der Waals surface area contributed by atoms with Crippen LogP contribution in [0.25, 0.3) is 0 Å². The van der Waals surface area contributed by atoms with Crippen LogP contribution >= 0.6 is 33.9 Å². The summed E-state index contributed by atoms with van der Waals surface area (Å²) in [7, 11) is 1.32. The summed E-state index contributed by atoms with van der Waals surface area (Å²) in [4.78, 5) is 13.9. The Bertz CT molecular complexity index is 701. The van der Waals surface area contributed by atoms with E-state index in [4.69, 9.17) is 33.9 Å². The topological polar surface area (TPSA) is 54.5 Å². The van der Waals surface area contributed by atoms with Gasteiger partial charge < -0.3 is 4.90 Å². The van der Waals surface area contributed by atoms with Crippen molar-refractivity contribution in [1.82, 2.24) is 4.90 Å². The van der Waals surface area contributed by atoms with Crippen LogP contribution in [0.2, 0.25) is 10.0 Å². The van der Waals surface area contributed by atoms with E-state index in [-0.39, 0.29) is 31.8 Å². The third-order valence-corrected chi connectivity index (χ3v) is 5.61. The first-order chi connectivity index (χ1) is 9.51. The standard InChI is InChI=1S/C13H14Cl3NO3S/c1-13(2)3-4-17(7-13)12(18)9-5-8(21(16,19)20)6-10(14)11(9)15/h5-6H,3-4,7H2,1-2H3. The second-order valence-corrected chi connectivity index (χ2v) is 9.20. The van der Waals surface area contributed by atoms with Crippen molar-refractivity contribution in [2.45, 2.75) is 25.2 Å². The normalized spacial score (nSPS) is 18.0. The molecule has 0 unspecified atom stereocenters. The number of hydrogen-bond donors (Lipinski definition) is 0. The van der Waals surface area contributed by atoms with Gasteiger partial charge >= 0.3 is 0 Å². The zero-order valence-corrected chi connectivity index (χ0v) is 14.6. The Morgan fingerprint density at radius 1 is 1.29 bits per heavy atom. The lowest BCUT2D eigenvalue weighted by atomic mass is 9.93. The van der Waals surface area contributed by atoms with Crippen LogP contribution in [0.4, 0.5) is 0 Å². The Kier molecular flexibility index (Phi) is 4.51. The van der Waals surface area contributed by atoms with E-state index in [1.54, 1.807) is 4.90 Å². The molecule has 1 saturated heterocycles. The Balaban J connectivity index is 2.44. The quantitative estimate of drug-likeness (QED) is 0.744. The number of amides is 1. The van der Waals surface area contributed by atoms with Crippen molar-refractivity contribution in [3.05, 3.63) is 27.7 Å². The first-order valence-electron chi connectivity index (χ1n) is 6.24. The maximum atomic E-state index is 12.5. The van der Waals surface area contributed by atoms with Gasteiger partial charge in [-0.2, -0.15) is 0 Å². The van der Waals surface area contributed by atoms with Gasteiger partial charge in [-0.1, -0.05) is 37.0 Å². The molecule has 1 fully saturated rings. The van der Waals surface area contributed by atoms with Crippen molar-refractivity contribution in [3.8, 4) is 0 Å². The number of nitrogens with zero attached hydrogens (tertiary/aromatic N) is 1. The Hall–Kier alpha value is -0.490. The molecule has 1 aromatic rings. The van der Waals surface area contributed by atoms with E-state index in [1.807, 2.05) is 0 Å². The molecule has 21 heavy (non-hydrogen) atoms. The highest BCUT2D eigenvalue weighted by Crippen LogP contribution is 2.34. The summed E-state index contributed by atoms with van der Waals surface area (Å²) in [6, 6.07) is 2.31. The predicted molar refractivity (Wildman–Crippen MR) is 83.8 cm³/mol. The van der Waals surface area contributed by atoms with E-state index in [1.165, 1.54) is 6.07 Å². The van der Waals surface area contributed by atoms with Gasteiger partial charge in [0, 0.05) is 23.8 Å². The van der Waals surface area contributed by atoms with Crippen LogP contribution in [0, 0.1) is 5.41 Å². The average molecular weight is 371 g/mol. The molecule has 0 aromatic heterocycles. The molecule has 1 heterocycles. The molecule has 1 aromatic carbocycles. The fraction of sp³-hybridized carbons (Fsp3) is 0.462. The highest BCUT2D eigenvalue weighted by molar-refractivity contribution is 8.13. The third kappa shape index (κ3) is 3.65. The summed E-state index contributed by atoms with van der Waals surface area (Å²) < 4.78 is 22.9. The second-order valence-electron chi connectivity index (χ2n) is 5.85. The van der Waals surface area contributed by atoms with Crippen LogP contribution in [0.5, 0.6) is 0 Å². The van der Waals surface area contributed by atoms with Crippen molar-refractivity contribution < 1.29 is 13.2 Å². The molecule has 0 saturated carbocycles. The molecule has 0 radical (unpaired) electrons. The number of likely N-dealkylation sites (tertiary alicyclic amines) is 1. The molecule has 0 aliphatic carbocycles. The van der Waals surface area contributed by atoms with Crippen LogP contribution in [0.3, 0.4) is 0 Å². The molecule has 8 heteroatoms. The zero-order valence-electron chi connectivity index (χ0n) is 11.5. The summed E-state index contributed by atoms with van der Waals surface area (Å²) in [5, 5.41) is 0.0237. The van der Waals surface area contributed by atoms with Gasteiger partial charge in [-0.3, -0.25) is 4.79 Å². The summed E-state index contributed by atoms with van der Waals surface area (Å²) >= 11 is 11.9. The van der Waals surface area contributed by atoms with Crippen molar-refractivity contribution >= 4 is 48.8 Å². The summed E-state index contributed by atoms with van der Waals surface area (Å²) in [5.41, 5.74) is 0.0864. The van der Waals surface area contributed by atoms with Gasteiger partial charge in [-0.15, -0.1) is 0 Å². The monoisotopic (exact) mass is 369 g/mol. The molecule has 2 rings (SSSR count). The third-order valence-electron chi connectivity index (χ3n) is 3.48. The predicted octanol–water partition coefficient (Wildman–Crippen LogP) is 3.79. The van der Waals surface area contributed by atoms with Gasteiger partial charge in [-0.25, -0.2) is 8.42 Å². The maximum Gasteiger partial charge on any atom is 0.261 e. The van der Waals surface area contributed by atoms with Crippen molar-refractivity contribution in [3.63, 3.8) is 0 Å². The van der Waals surface area contributed by atoms with Gasteiger partial charge in [0.2, 0.25) is 0 Å². The Morgan fingerprint density at radius 2 is 1.90 bits per heavy atom.